The van der Waals surface area contributed by atoms with Crippen LogP contribution in [0.1, 0.15) is 41.8 Å². The summed E-state index contributed by atoms with van der Waals surface area (Å²) in [7, 11) is 0. The molecule has 2 N–H and O–H groups in total. The number of aromatic nitrogens is 2. The third-order valence-electron chi connectivity index (χ3n) is 4.11. The van der Waals surface area contributed by atoms with Gasteiger partial charge in [-0.3, -0.25) is 4.90 Å². The van der Waals surface area contributed by atoms with E-state index in [1.165, 1.54) is 23.4 Å². The normalized spacial score (nSPS) is 14.5. The summed E-state index contributed by atoms with van der Waals surface area (Å²) in [5, 5.41) is 12.1. The van der Waals surface area contributed by atoms with Gasteiger partial charge in [-0.15, -0.1) is 0 Å². The lowest BCUT2D eigenvalue weighted by Crippen LogP contribution is -2.23. The second kappa shape index (κ2) is 6.58. The molecule has 0 bridgehead atoms. The van der Waals surface area contributed by atoms with Crippen LogP contribution in [0, 0.1) is 5.82 Å². The molecule has 0 aliphatic carbocycles. The molecule has 0 saturated heterocycles. The van der Waals surface area contributed by atoms with Gasteiger partial charge in [0.25, 0.3) is 6.43 Å². The largest absolute Gasteiger partial charge is 0.465 e. The van der Waals surface area contributed by atoms with Gasteiger partial charge in [-0.2, -0.15) is 0 Å². The molecule has 1 aliphatic rings. The van der Waals surface area contributed by atoms with Crippen molar-refractivity contribution in [3.8, 4) is 0 Å². The van der Waals surface area contributed by atoms with Crippen molar-refractivity contribution in [3.05, 3.63) is 52.7 Å². The number of halogens is 3. The Kier molecular flexibility index (Phi) is 4.47. The van der Waals surface area contributed by atoms with Crippen LogP contribution in [0.5, 0.6) is 0 Å². The predicted molar refractivity (Wildman–Crippen MR) is 82.7 cm³/mol. The first-order chi connectivity index (χ1) is 11.9. The first-order valence-electron chi connectivity index (χ1n) is 7.52. The number of fused-ring (bicyclic) bond motifs is 1. The van der Waals surface area contributed by atoms with E-state index in [-0.39, 0.29) is 18.7 Å². The summed E-state index contributed by atoms with van der Waals surface area (Å²) in [6.07, 6.45) is -2.70. The first-order valence-corrected chi connectivity index (χ1v) is 7.52. The standard InChI is InChI=1S/C16H15F3N4O2/c1-8(9-3-2-4-10(13(9)17)14(18)19)22-15-11-5-23(16(24)25)6-12(11)20-7-21-15/h2-4,7-8,14H,5-6H2,1H3,(H,24,25)(H,20,21,22). The van der Waals surface area contributed by atoms with Gasteiger partial charge in [-0.05, 0) is 6.92 Å². The van der Waals surface area contributed by atoms with Crippen LogP contribution in [0.15, 0.2) is 24.5 Å². The highest BCUT2D eigenvalue weighted by molar-refractivity contribution is 5.67. The van der Waals surface area contributed by atoms with Gasteiger partial charge in [0.05, 0.1) is 30.4 Å². The molecule has 6 nitrogen and oxygen atoms in total. The molecule has 0 saturated carbocycles. The molecular formula is C16H15F3N4O2. The summed E-state index contributed by atoms with van der Waals surface area (Å²) in [6, 6.07) is 3.19. The third kappa shape index (κ3) is 3.21. The zero-order valence-corrected chi connectivity index (χ0v) is 13.2. The van der Waals surface area contributed by atoms with Crippen molar-refractivity contribution in [1.29, 1.82) is 0 Å². The zero-order chi connectivity index (χ0) is 18.1. The van der Waals surface area contributed by atoms with E-state index in [0.29, 0.717) is 17.1 Å². The van der Waals surface area contributed by atoms with E-state index in [9.17, 15) is 18.0 Å². The molecule has 0 radical (unpaired) electrons. The quantitative estimate of drug-likeness (QED) is 0.877. The van der Waals surface area contributed by atoms with Crippen LogP contribution < -0.4 is 5.32 Å². The van der Waals surface area contributed by atoms with Crippen molar-refractivity contribution in [2.24, 2.45) is 0 Å². The molecule has 1 amide bonds. The van der Waals surface area contributed by atoms with E-state index in [1.807, 2.05) is 0 Å². The van der Waals surface area contributed by atoms with Crippen molar-refractivity contribution < 1.29 is 23.1 Å². The Hall–Kier alpha value is -2.84. The van der Waals surface area contributed by atoms with Crippen molar-refractivity contribution in [2.75, 3.05) is 5.32 Å². The monoisotopic (exact) mass is 352 g/mol. The minimum atomic E-state index is -2.90. The van der Waals surface area contributed by atoms with Gasteiger partial charge in [0.15, 0.2) is 0 Å². The number of amides is 1. The van der Waals surface area contributed by atoms with Crippen LogP contribution in [0.2, 0.25) is 0 Å². The Balaban J connectivity index is 1.87. The second-order valence-corrected chi connectivity index (χ2v) is 5.70. The Morgan fingerprint density at radius 3 is 2.68 bits per heavy atom. The molecule has 3 rings (SSSR count). The topological polar surface area (TPSA) is 78.4 Å². The fourth-order valence-electron chi connectivity index (χ4n) is 2.79. The Labute approximate surface area is 141 Å². The number of nitrogens with zero attached hydrogens (tertiary/aromatic N) is 3. The van der Waals surface area contributed by atoms with Gasteiger partial charge in [0.1, 0.15) is 18.0 Å². The lowest BCUT2D eigenvalue weighted by atomic mass is 10.0. The number of alkyl halides is 2. The predicted octanol–water partition coefficient (Wildman–Crippen LogP) is 3.72. The SMILES string of the molecule is CC(Nc1ncnc2c1CN(C(=O)O)C2)c1cccc(C(F)F)c1F. The molecular weight excluding hydrogens is 337 g/mol. The molecule has 1 aromatic heterocycles. The summed E-state index contributed by atoms with van der Waals surface area (Å²) in [5.41, 5.74) is 0.588. The van der Waals surface area contributed by atoms with Crippen LogP contribution in [0.3, 0.4) is 0 Å². The molecule has 2 heterocycles. The van der Waals surface area contributed by atoms with Crippen molar-refractivity contribution in [2.45, 2.75) is 32.5 Å². The average molecular weight is 352 g/mol. The minimum absolute atomic E-state index is 0.0817. The third-order valence-corrected chi connectivity index (χ3v) is 4.11. The number of carbonyl (C=O) groups is 1. The number of hydrogen-bond acceptors (Lipinski definition) is 4. The molecule has 2 aromatic rings. The summed E-state index contributed by atoms with van der Waals surface area (Å²) in [4.78, 5) is 20.4. The fourth-order valence-corrected chi connectivity index (χ4v) is 2.79. The molecule has 1 unspecified atom stereocenters. The molecule has 132 valence electrons. The number of hydrogen-bond donors (Lipinski definition) is 2. The van der Waals surface area contributed by atoms with E-state index in [4.69, 9.17) is 5.11 Å². The highest BCUT2D eigenvalue weighted by Gasteiger charge is 2.28. The zero-order valence-electron chi connectivity index (χ0n) is 13.2. The van der Waals surface area contributed by atoms with Crippen LogP contribution in [0.4, 0.5) is 23.8 Å². The van der Waals surface area contributed by atoms with Crippen LogP contribution in [-0.2, 0) is 13.1 Å². The number of benzene rings is 1. The van der Waals surface area contributed by atoms with E-state index >= 15 is 0 Å². The van der Waals surface area contributed by atoms with Gasteiger partial charge in [-0.25, -0.2) is 27.9 Å². The summed E-state index contributed by atoms with van der Waals surface area (Å²) in [6.45, 7) is 1.87. The number of nitrogens with one attached hydrogen (secondary N) is 1. The van der Waals surface area contributed by atoms with E-state index in [2.05, 4.69) is 15.3 Å². The molecule has 9 heteroatoms. The molecule has 0 fully saturated rings. The van der Waals surface area contributed by atoms with Gasteiger partial charge in [-0.1, -0.05) is 18.2 Å². The van der Waals surface area contributed by atoms with Crippen LogP contribution in [-0.4, -0.2) is 26.1 Å². The Morgan fingerprint density at radius 2 is 2.00 bits per heavy atom. The highest BCUT2D eigenvalue weighted by Crippen LogP contribution is 2.31. The maximum absolute atomic E-state index is 14.3. The molecule has 1 aliphatic heterocycles. The maximum Gasteiger partial charge on any atom is 0.407 e. The van der Waals surface area contributed by atoms with Gasteiger partial charge >= 0.3 is 6.09 Å². The molecule has 25 heavy (non-hydrogen) atoms. The lowest BCUT2D eigenvalue weighted by Gasteiger charge is -2.18. The van der Waals surface area contributed by atoms with E-state index in [1.54, 1.807) is 6.92 Å². The lowest BCUT2D eigenvalue weighted by molar-refractivity contribution is 0.144. The van der Waals surface area contributed by atoms with Crippen LogP contribution >= 0.6 is 0 Å². The fraction of sp³-hybridized carbons (Fsp3) is 0.312. The van der Waals surface area contributed by atoms with Gasteiger partial charge in [0, 0.05) is 11.1 Å². The number of rotatable bonds is 4. The van der Waals surface area contributed by atoms with Crippen LogP contribution in [0.25, 0.3) is 0 Å². The second-order valence-electron chi connectivity index (χ2n) is 5.70. The van der Waals surface area contributed by atoms with E-state index < -0.39 is 29.9 Å². The van der Waals surface area contributed by atoms with Gasteiger partial charge in [0.2, 0.25) is 0 Å². The Bertz CT molecular complexity index is 816. The maximum atomic E-state index is 14.3. The number of carboxylic acid groups (broad SMARTS) is 1. The smallest absolute Gasteiger partial charge is 0.407 e. The van der Waals surface area contributed by atoms with Crippen molar-refractivity contribution in [1.82, 2.24) is 14.9 Å². The van der Waals surface area contributed by atoms with Crippen molar-refractivity contribution in [3.63, 3.8) is 0 Å². The number of anilines is 1. The van der Waals surface area contributed by atoms with Crippen molar-refractivity contribution >= 4 is 11.9 Å². The minimum Gasteiger partial charge on any atom is -0.465 e. The molecule has 1 aromatic carbocycles. The van der Waals surface area contributed by atoms with Gasteiger partial charge < -0.3 is 10.4 Å². The first kappa shape index (κ1) is 17.0. The molecule has 0 spiro atoms. The summed E-state index contributed by atoms with van der Waals surface area (Å²) in [5.74, 6) is -0.599. The highest BCUT2D eigenvalue weighted by atomic mass is 19.3. The molecule has 1 atom stereocenters. The summed E-state index contributed by atoms with van der Waals surface area (Å²) < 4.78 is 40.0. The Morgan fingerprint density at radius 1 is 1.28 bits per heavy atom. The van der Waals surface area contributed by atoms with E-state index in [0.717, 1.165) is 6.07 Å². The average Bonchev–Trinajstić information content (AvgIpc) is 3.00. The summed E-state index contributed by atoms with van der Waals surface area (Å²) >= 11 is 0.